The molecule has 2 atom stereocenters. The van der Waals surface area contributed by atoms with Crippen molar-refractivity contribution in [1.29, 1.82) is 0 Å². The van der Waals surface area contributed by atoms with Crippen molar-refractivity contribution < 1.29 is 27.8 Å². The van der Waals surface area contributed by atoms with Gasteiger partial charge >= 0.3 is 14.0 Å². The van der Waals surface area contributed by atoms with Gasteiger partial charge in [-0.05, 0) is 56.6 Å². The molecule has 9 heteroatoms. The van der Waals surface area contributed by atoms with Gasteiger partial charge in [-0.2, -0.15) is 0 Å². The highest BCUT2D eigenvalue weighted by atomic mass is 31.1. The van der Waals surface area contributed by atoms with E-state index in [1.54, 1.807) is 12.1 Å². The van der Waals surface area contributed by atoms with Gasteiger partial charge in [0.1, 0.15) is 11.9 Å². The Bertz CT molecular complexity index is 1710. The van der Waals surface area contributed by atoms with Crippen molar-refractivity contribution in [2.45, 2.75) is 65.0 Å². The first-order chi connectivity index (χ1) is 22.3. The van der Waals surface area contributed by atoms with Crippen molar-refractivity contribution in [1.82, 2.24) is 4.98 Å². The van der Waals surface area contributed by atoms with Gasteiger partial charge in [0.2, 0.25) is 6.16 Å². The molecule has 2 unspecified atom stereocenters. The molecule has 0 radical (unpaired) electrons. The molecule has 0 saturated carbocycles. The van der Waals surface area contributed by atoms with Gasteiger partial charge < -0.3 is 9.53 Å². The molecule has 4 rings (SSSR count). The molecule has 1 heterocycles. The lowest BCUT2D eigenvalue weighted by Crippen LogP contribution is -2.68. The Kier molecular flexibility index (Phi) is 12.0. The number of aryl methyl sites for hydroxylation is 1. The molecule has 3 aromatic carbocycles. The number of carboxylic acids is 1. The average molecular weight is 671 g/mol. The fourth-order valence-corrected chi connectivity index (χ4v) is 11.5. The van der Waals surface area contributed by atoms with E-state index in [1.165, 1.54) is 12.1 Å². The summed E-state index contributed by atoms with van der Waals surface area (Å²) >= 11 is 0. The lowest BCUT2D eigenvalue weighted by Gasteiger charge is -2.44. The van der Waals surface area contributed by atoms with E-state index in [1.807, 2.05) is 87.5 Å². The van der Waals surface area contributed by atoms with Crippen LogP contribution in [0.3, 0.4) is 0 Å². The number of halogens is 1. The molecule has 0 fully saturated rings. The smallest absolute Gasteiger partial charge is 0.481 e. The van der Waals surface area contributed by atoms with Crippen molar-refractivity contribution in [3.05, 3.63) is 114 Å². The summed E-state index contributed by atoms with van der Waals surface area (Å²) in [5, 5.41) is 11.5. The van der Waals surface area contributed by atoms with E-state index in [0.717, 1.165) is 32.9 Å². The number of carbonyl (C=O) groups is 1. The lowest BCUT2D eigenvalue weighted by molar-refractivity contribution is -0.138. The number of carboxylic acid groups (broad SMARTS) is 1. The van der Waals surface area contributed by atoms with E-state index in [2.05, 4.69) is 32.6 Å². The van der Waals surface area contributed by atoms with Gasteiger partial charge in [-0.15, -0.1) is 4.52 Å². The fraction of sp³-hybridized carbons (Fsp3) is 0.316. The third-order valence-electron chi connectivity index (χ3n) is 7.89. The van der Waals surface area contributed by atoms with Gasteiger partial charge in [0.15, 0.2) is 6.61 Å². The number of nitrogens with zero attached hydrogens (tertiary/aromatic N) is 1. The van der Waals surface area contributed by atoms with Crippen molar-refractivity contribution in [3.63, 3.8) is 0 Å². The van der Waals surface area contributed by atoms with Crippen LogP contribution in [-0.2, 0) is 18.3 Å². The van der Waals surface area contributed by atoms with Crippen LogP contribution in [0.25, 0.3) is 11.1 Å². The van der Waals surface area contributed by atoms with Crippen LogP contribution >= 0.6 is 8.03 Å². The number of pyridine rings is 1. The number of rotatable bonds is 12. The van der Waals surface area contributed by atoms with Crippen LogP contribution in [-0.4, -0.2) is 43.2 Å². The summed E-state index contributed by atoms with van der Waals surface area (Å²) in [6.45, 7) is 12.2. The normalized spacial score (nSPS) is 12.7. The molecule has 0 bridgehead atoms. The molecule has 0 spiro atoms. The van der Waals surface area contributed by atoms with Crippen LogP contribution in [0.4, 0.5) is 4.39 Å². The Morgan fingerprint density at radius 3 is 2.06 bits per heavy atom. The first-order valence-corrected chi connectivity index (χ1v) is 18.9. The number of benzene rings is 3. The molecule has 0 saturated heterocycles. The fourth-order valence-electron chi connectivity index (χ4n) is 5.83. The molecule has 47 heavy (non-hydrogen) atoms. The number of hydrogen-bond donors (Lipinski definition) is 1. The predicted octanol–water partition coefficient (Wildman–Crippen LogP) is 7.85. The van der Waals surface area contributed by atoms with E-state index < -0.39 is 28.4 Å². The summed E-state index contributed by atoms with van der Waals surface area (Å²) in [6, 6.07) is 28.0. The van der Waals surface area contributed by atoms with Crippen LogP contribution in [0.5, 0.6) is 0 Å². The van der Waals surface area contributed by atoms with Crippen molar-refractivity contribution in [3.8, 4) is 23.0 Å². The highest BCUT2D eigenvalue weighted by Gasteiger charge is 2.52. The predicted molar refractivity (Wildman–Crippen MR) is 189 cm³/mol. The number of hydrogen-bond acceptors (Lipinski definition) is 5. The second-order valence-corrected chi connectivity index (χ2v) is 18.4. The standard InChI is InChI=1S/C38H41FNO5PSi/c1-27(2)37-34(35(24-28(3)40-37)29-19-21-30(39)22-20-29)18-13-23-44-46(43)26-31(25-36(41)42)45-47(38(4,5)6,32-14-9-7-10-15-32)33-16-11-8-12-17-33/h7-12,14-17,19-22,24,27,31H,23,25-26H2,1-6H3/p+1. The third-order valence-corrected chi connectivity index (χ3v) is 14.1. The Balaban J connectivity index is 1.60. The van der Waals surface area contributed by atoms with Crippen LogP contribution in [0, 0.1) is 24.6 Å². The van der Waals surface area contributed by atoms with Gasteiger partial charge in [-0.3, -0.25) is 9.78 Å². The van der Waals surface area contributed by atoms with Gasteiger partial charge in [-0.1, -0.05) is 119 Å². The molecule has 0 aliphatic carbocycles. The minimum Gasteiger partial charge on any atom is -0.481 e. The van der Waals surface area contributed by atoms with Crippen molar-refractivity contribution >= 4 is 32.7 Å². The third kappa shape index (κ3) is 8.88. The summed E-state index contributed by atoms with van der Waals surface area (Å²) in [4.78, 5) is 16.8. The first kappa shape index (κ1) is 35.9. The SMILES string of the molecule is Cc1cc(-c2ccc(F)cc2)c(C#CCO[P+](=O)CC(CC(=O)O)O[Si](c2ccccc2)(c2ccccc2)C(C)(C)C)c(C(C)C)n1. The summed E-state index contributed by atoms with van der Waals surface area (Å²) < 4.78 is 39.7. The molecule has 6 nitrogen and oxygen atoms in total. The Morgan fingerprint density at radius 2 is 1.55 bits per heavy atom. The van der Waals surface area contributed by atoms with E-state index in [4.69, 9.17) is 13.9 Å². The van der Waals surface area contributed by atoms with Crippen LogP contribution < -0.4 is 10.4 Å². The summed E-state index contributed by atoms with van der Waals surface area (Å²) in [5.74, 6) is 4.86. The van der Waals surface area contributed by atoms with Gasteiger partial charge in [0.25, 0.3) is 8.32 Å². The van der Waals surface area contributed by atoms with Crippen LogP contribution in [0.15, 0.2) is 91.0 Å². The molecular weight excluding hydrogens is 628 g/mol. The molecule has 0 amide bonds. The van der Waals surface area contributed by atoms with Crippen molar-refractivity contribution in [2.24, 2.45) is 0 Å². The van der Waals surface area contributed by atoms with Crippen molar-refractivity contribution in [2.75, 3.05) is 12.8 Å². The zero-order chi connectivity index (χ0) is 34.2. The maximum Gasteiger partial charge on any atom is 0.511 e. The van der Waals surface area contributed by atoms with E-state index in [0.29, 0.717) is 5.56 Å². The number of aliphatic carboxylic acids is 1. The van der Waals surface area contributed by atoms with E-state index in [-0.39, 0.29) is 36.0 Å². The first-order valence-electron chi connectivity index (χ1n) is 15.7. The lowest BCUT2D eigenvalue weighted by atomic mass is 9.94. The quantitative estimate of drug-likeness (QED) is 0.0939. The van der Waals surface area contributed by atoms with Crippen LogP contribution in [0.2, 0.25) is 5.04 Å². The zero-order valence-corrected chi connectivity index (χ0v) is 29.7. The van der Waals surface area contributed by atoms with E-state index in [9.17, 15) is 18.9 Å². The molecule has 0 aliphatic rings. The zero-order valence-electron chi connectivity index (χ0n) is 27.8. The molecule has 4 aromatic rings. The highest BCUT2D eigenvalue weighted by molar-refractivity contribution is 7.39. The minimum atomic E-state index is -3.10. The second-order valence-electron chi connectivity index (χ2n) is 12.8. The highest BCUT2D eigenvalue weighted by Crippen LogP contribution is 2.39. The maximum absolute atomic E-state index is 13.7. The Hall–Kier alpha value is -3.99. The Morgan fingerprint density at radius 1 is 0.979 bits per heavy atom. The Labute approximate surface area is 279 Å². The van der Waals surface area contributed by atoms with Gasteiger partial charge in [0.05, 0.1) is 17.7 Å². The minimum absolute atomic E-state index is 0.0753. The molecule has 0 aliphatic heterocycles. The molecule has 244 valence electrons. The molecule has 1 N–H and O–H groups in total. The summed E-state index contributed by atoms with van der Waals surface area (Å²) in [6.07, 6.45) is -1.29. The van der Waals surface area contributed by atoms with Gasteiger partial charge in [0, 0.05) is 11.3 Å². The topological polar surface area (TPSA) is 85.7 Å². The largest absolute Gasteiger partial charge is 0.511 e. The summed E-state index contributed by atoms with van der Waals surface area (Å²) in [5.41, 5.74) is 3.98. The van der Waals surface area contributed by atoms with Gasteiger partial charge in [-0.25, -0.2) is 4.39 Å². The molecule has 1 aromatic heterocycles. The molecular formula is C38H42FNO5PSi+. The van der Waals surface area contributed by atoms with Crippen LogP contribution in [0.1, 0.15) is 63.9 Å². The number of aromatic nitrogens is 1. The summed E-state index contributed by atoms with van der Waals surface area (Å²) in [7, 11) is -5.41. The average Bonchev–Trinajstić information content (AvgIpc) is 3.02. The maximum atomic E-state index is 13.7. The second kappa shape index (κ2) is 15.7. The van der Waals surface area contributed by atoms with E-state index >= 15 is 0 Å². The monoisotopic (exact) mass is 670 g/mol.